The quantitative estimate of drug-likeness (QED) is 0.0804. The van der Waals surface area contributed by atoms with E-state index in [1.165, 1.54) is 38.5 Å². The van der Waals surface area contributed by atoms with Crippen molar-refractivity contribution in [3.05, 3.63) is 0 Å². The second kappa shape index (κ2) is 17.8. The lowest BCUT2D eigenvalue weighted by Gasteiger charge is -2.64. The van der Waals surface area contributed by atoms with E-state index in [0.717, 1.165) is 87.4 Å². The maximum atomic E-state index is 13.2. The molecular formula is C34H66O5Si2. The van der Waals surface area contributed by atoms with E-state index in [0.29, 0.717) is 13.0 Å². The van der Waals surface area contributed by atoms with Crippen LogP contribution < -0.4 is 0 Å². The van der Waals surface area contributed by atoms with E-state index in [-0.39, 0.29) is 12.2 Å². The average molecular weight is 611 g/mol. The molecule has 0 aromatic rings. The molecule has 0 aromatic heterocycles. The molecule has 1 heterocycles. The number of ether oxygens (including phenoxy) is 1. The highest BCUT2D eigenvalue weighted by molar-refractivity contribution is 6.74. The predicted molar refractivity (Wildman–Crippen MR) is 177 cm³/mol. The Morgan fingerprint density at radius 3 is 1.44 bits per heavy atom. The van der Waals surface area contributed by atoms with Crippen LogP contribution >= 0.6 is 0 Å². The van der Waals surface area contributed by atoms with Gasteiger partial charge in [-0.15, -0.1) is 0 Å². The minimum Gasteiger partial charge on any atom is -0.413 e. The van der Waals surface area contributed by atoms with Crippen molar-refractivity contribution in [2.45, 2.75) is 186 Å². The molecule has 41 heavy (non-hydrogen) atoms. The van der Waals surface area contributed by atoms with Gasteiger partial charge in [0.15, 0.2) is 16.6 Å². The van der Waals surface area contributed by atoms with Crippen LogP contribution in [0.5, 0.6) is 0 Å². The average Bonchev–Trinajstić information content (AvgIpc) is 2.98. The Morgan fingerprint density at radius 2 is 1.12 bits per heavy atom. The molecule has 0 amide bonds. The number of unbranched alkanes of at least 4 members (excludes halogenated alkanes) is 6. The Kier molecular flexibility index (Phi) is 16.0. The summed E-state index contributed by atoms with van der Waals surface area (Å²) in [7, 11) is -4.26. The maximum absolute atomic E-state index is 13.2. The topological polar surface area (TPSA) is 61.8 Å². The summed E-state index contributed by atoms with van der Waals surface area (Å²) < 4.78 is 21.2. The van der Waals surface area contributed by atoms with Gasteiger partial charge >= 0.3 is 0 Å². The van der Waals surface area contributed by atoms with E-state index in [2.05, 4.69) is 41.5 Å². The van der Waals surface area contributed by atoms with E-state index in [9.17, 15) is 9.59 Å². The Hall–Kier alpha value is -0.346. The Morgan fingerprint density at radius 1 is 0.707 bits per heavy atom. The number of aldehydes is 2. The summed E-state index contributed by atoms with van der Waals surface area (Å²) in [6.45, 7) is 16.0. The van der Waals surface area contributed by atoms with Gasteiger partial charge in [-0.1, -0.05) is 119 Å². The van der Waals surface area contributed by atoms with Gasteiger partial charge in [-0.25, -0.2) is 0 Å². The molecule has 240 valence electrons. The molecule has 2 aliphatic rings. The molecule has 0 bridgehead atoms. The van der Waals surface area contributed by atoms with Crippen molar-refractivity contribution in [3.63, 3.8) is 0 Å². The van der Waals surface area contributed by atoms with Crippen molar-refractivity contribution in [1.29, 1.82) is 0 Å². The second-order valence-electron chi connectivity index (χ2n) is 13.8. The summed E-state index contributed by atoms with van der Waals surface area (Å²) in [4.78, 5) is 26.3. The standard InChI is InChI=1S/C34H66O5Si2/c1-8-14-20-40(21-15-9-2,22-16-10-3)38-31-26-32-34(29-37-32,30(27-35)33(31,7)28-36)39-41(23-17-11-4,24-18-12-5)25-19-13-6/h27-28,30-32H,8-26,29H2,1-7H3/t30-,31-,32?,33-,34+/m0/s1. The van der Waals surface area contributed by atoms with Crippen molar-refractivity contribution in [2.75, 3.05) is 6.61 Å². The normalized spacial score (nSPS) is 28.2. The SMILES string of the molecule is CCCC[Si](CCCC)(CCCC)O[C@H]1CC2OC[C@@]2(O[Si](CCCC)(CCCC)CCCC)[C@@H](C=O)[C@]1(C)C=O. The van der Waals surface area contributed by atoms with Gasteiger partial charge in [0, 0.05) is 6.42 Å². The number of hydrogen-bond acceptors (Lipinski definition) is 5. The first-order valence-corrected chi connectivity index (χ1v) is 22.7. The molecule has 0 N–H and O–H groups in total. The van der Waals surface area contributed by atoms with Gasteiger partial charge in [-0.2, -0.15) is 0 Å². The predicted octanol–water partition coefficient (Wildman–Crippen LogP) is 9.64. The monoisotopic (exact) mass is 610 g/mol. The van der Waals surface area contributed by atoms with Crippen LogP contribution in [0.2, 0.25) is 36.3 Å². The van der Waals surface area contributed by atoms with Crippen LogP contribution in [0.15, 0.2) is 0 Å². The van der Waals surface area contributed by atoms with Gasteiger partial charge in [0.2, 0.25) is 0 Å². The van der Waals surface area contributed by atoms with Gasteiger partial charge in [-0.3, -0.25) is 0 Å². The van der Waals surface area contributed by atoms with Gasteiger partial charge in [-0.05, 0) is 43.2 Å². The zero-order chi connectivity index (χ0) is 30.4. The van der Waals surface area contributed by atoms with E-state index < -0.39 is 33.6 Å². The molecule has 0 radical (unpaired) electrons. The summed E-state index contributed by atoms with van der Waals surface area (Å²) in [5.74, 6) is -0.531. The molecule has 7 heteroatoms. The van der Waals surface area contributed by atoms with Crippen LogP contribution in [-0.2, 0) is 23.2 Å². The molecule has 0 aromatic carbocycles. The van der Waals surface area contributed by atoms with Crippen molar-refractivity contribution in [3.8, 4) is 0 Å². The fourth-order valence-corrected chi connectivity index (χ4v) is 17.8. The zero-order valence-corrected chi connectivity index (χ0v) is 30.1. The van der Waals surface area contributed by atoms with Crippen molar-refractivity contribution in [2.24, 2.45) is 11.3 Å². The van der Waals surface area contributed by atoms with Crippen molar-refractivity contribution in [1.82, 2.24) is 0 Å². The Labute approximate surface area is 255 Å². The van der Waals surface area contributed by atoms with Crippen LogP contribution in [0, 0.1) is 11.3 Å². The number of fused-ring (bicyclic) bond motifs is 1. The van der Waals surface area contributed by atoms with Gasteiger partial charge in [0.05, 0.1) is 30.1 Å². The van der Waals surface area contributed by atoms with Gasteiger partial charge in [0.25, 0.3) is 0 Å². The first-order valence-electron chi connectivity index (χ1n) is 17.7. The van der Waals surface area contributed by atoms with Crippen LogP contribution in [0.25, 0.3) is 0 Å². The lowest BCUT2D eigenvalue weighted by Crippen LogP contribution is -2.76. The molecule has 1 aliphatic heterocycles. The first-order chi connectivity index (χ1) is 19.7. The largest absolute Gasteiger partial charge is 0.413 e. The molecule has 1 saturated heterocycles. The van der Waals surface area contributed by atoms with Crippen molar-refractivity contribution >= 4 is 29.2 Å². The van der Waals surface area contributed by atoms with E-state index in [1.54, 1.807) is 0 Å². The fraction of sp³-hybridized carbons (Fsp3) is 0.941. The highest BCUT2D eigenvalue weighted by Gasteiger charge is 2.69. The molecule has 0 spiro atoms. The Bertz CT molecular complexity index is 720. The summed E-state index contributed by atoms with van der Waals surface area (Å²) >= 11 is 0. The van der Waals surface area contributed by atoms with Crippen molar-refractivity contribution < 1.29 is 23.2 Å². The van der Waals surface area contributed by atoms with Gasteiger partial charge in [0.1, 0.15) is 18.2 Å². The Balaban J connectivity index is 2.50. The molecule has 5 nitrogen and oxygen atoms in total. The van der Waals surface area contributed by atoms with Crippen LogP contribution in [0.3, 0.4) is 0 Å². The third-order valence-corrected chi connectivity index (χ3v) is 19.7. The summed E-state index contributed by atoms with van der Waals surface area (Å²) in [6, 6.07) is 6.87. The second-order valence-corrected chi connectivity index (χ2v) is 22.0. The van der Waals surface area contributed by atoms with Gasteiger partial charge < -0.3 is 23.2 Å². The number of carbonyl (C=O) groups excluding carboxylic acids is 2. The molecule has 2 fully saturated rings. The van der Waals surface area contributed by atoms with Crippen LogP contribution in [0.4, 0.5) is 0 Å². The minimum atomic E-state index is -2.15. The highest BCUT2D eigenvalue weighted by atomic mass is 28.4. The molecule has 1 saturated carbocycles. The maximum Gasteiger partial charge on any atom is 0.193 e. The first kappa shape index (κ1) is 36.8. The lowest BCUT2D eigenvalue weighted by atomic mass is 9.57. The number of carbonyl (C=O) groups is 2. The van der Waals surface area contributed by atoms with Crippen LogP contribution in [0.1, 0.15) is 132 Å². The summed E-state index contributed by atoms with van der Waals surface area (Å²) in [6.07, 6.45) is 16.3. The molecular weight excluding hydrogens is 545 g/mol. The third kappa shape index (κ3) is 8.86. The van der Waals surface area contributed by atoms with E-state index >= 15 is 0 Å². The minimum absolute atomic E-state index is 0.164. The lowest BCUT2D eigenvalue weighted by molar-refractivity contribution is -0.293. The summed E-state index contributed by atoms with van der Waals surface area (Å²) in [5.41, 5.74) is -1.58. The highest BCUT2D eigenvalue weighted by Crippen LogP contribution is 2.56. The number of rotatable bonds is 24. The molecule has 2 rings (SSSR count). The molecule has 1 unspecified atom stereocenters. The fourth-order valence-electron chi connectivity index (χ4n) is 7.62. The van der Waals surface area contributed by atoms with E-state index in [4.69, 9.17) is 13.6 Å². The summed E-state index contributed by atoms with van der Waals surface area (Å²) in [5, 5.41) is 0. The third-order valence-electron chi connectivity index (χ3n) is 10.5. The smallest absolute Gasteiger partial charge is 0.193 e. The molecule has 1 aliphatic carbocycles. The van der Waals surface area contributed by atoms with E-state index in [1.807, 2.05) is 6.92 Å². The number of hydrogen-bond donors (Lipinski definition) is 0. The molecule has 5 atom stereocenters. The zero-order valence-electron chi connectivity index (χ0n) is 28.1. The van der Waals surface area contributed by atoms with Crippen LogP contribution in [-0.4, -0.2) is 53.6 Å².